The topological polar surface area (TPSA) is 9.72 Å². The summed E-state index contributed by atoms with van der Waals surface area (Å²) in [4.78, 5) is 0. The van der Waals surface area contributed by atoms with Crippen molar-refractivity contribution in [3.63, 3.8) is 0 Å². The molecule has 80 valence electrons. The average Bonchev–Trinajstić information content (AvgIpc) is 2.16. The van der Waals surface area contributed by atoms with E-state index in [2.05, 4.69) is 51.8 Å². The molecule has 0 unspecified atom stereocenters. The molecule has 0 aromatic heterocycles. The predicted octanol–water partition coefficient (Wildman–Crippen LogP) is 1.20. The molecule has 0 aromatic rings. The SMILES string of the molecule is CC[N](C)[Ta]([N](C)CC)[N](C)CC. The van der Waals surface area contributed by atoms with Crippen LogP contribution < -0.4 is 0 Å². The molecule has 0 radical (unpaired) electrons. The molecule has 4 heteroatoms. The van der Waals surface area contributed by atoms with Crippen LogP contribution in [0.1, 0.15) is 20.8 Å². The molecule has 0 atom stereocenters. The molecule has 0 bridgehead atoms. The third kappa shape index (κ3) is 4.11. The Hall–Kier alpha value is 0.620. The van der Waals surface area contributed by atoms with Crippen molar-refractivity contribution < 1.29 is 19.2 Å². The number of hydrogen-bond acceptors (Lipinski definition) is 3. The summed E-state index contributed by atoms with van der Waals surface area (Å²) in [5.41, 5.74) is 0. The van der Waals surface area contributed by atoms with E-state index in [1.807, 2.05) is 0 Å². The van der Waals surface area contributed by atoms with Crippen LogP contribution in [0.2, 0.25) is 0 Å². The first-order valence-corrected chi connectivity index (χ1v) is 9.32. The Kier molecular flexibility index (Phi) is 7.32. The quantitative estimate of drug-likeness (QED) is 0.709. The average molecular weight is 355 g/mol. The van der Waals surface area contributed by atoms with Gasteiger partial charge in [0.25, 0.3) is 0 Å². The number of nitrogens with zero attached hydrogens (tertiary/aromatic N) is 3. The Morgan fingerprint density at radius 3 is 1.08 bits per heavy atom. The Balaban J connectivity index is 4.34. The van der Waals surface area contributed by atoms with Gasteiger partial charge in [0, 0.05) is 0 Å². The van der Waals surface area contributed by atoms with Gasteiger partial charge in [0.2, 0.25) is 0 Å². The monoisotopic (exact) mass is 355 g/mol. The van der Waals surface area contributed by atoms with Gasteiger partial charge in [0.15, 0.2) is 0 Å². The normalized spacial score (nSPS) is 12.5. The molecule has 13 heavy (non-hydrogen) atoms. The molecule has 3 nitrogen and oxygen atoms in total. The summed E-state index contributed by atoms with van der Waals surface area (Å²) in [6.07, 6.45) is 0. The summed E-state index contributed by atoms with van der Waals surface area (Å²) in [7, 11) is 6.78. The molecular formula is C9H24N3Ta. The zero-order chi connectivity index (χ0) is 10.4. The van der Waals surface area contributed by atoms with Gasteiger partial charge in [0.1, 0.15) is 0 Å². The molecule has 0 aromatic carbocycles. The summed E-state index contributed by atoms with van der Waals surface area (Å²) in [6.45, 7) is 10.3. The Labute approximate surface area is 90.8 Å². The van der Waals surface area contributed by atoms with Gasteiger partial charge in [-0.1, -0.05) is 0 Å². The number of hydrogen-bond donors (Lipinski definition) is 0. The van der Waals surface area contributed by atoms with Gasteiger partial charge in [0.05, 0.1) is 0 Å². The van der Waals surface area contributed by atoms with Crippen molar-refractivity contribution in [2.45, 2.75) is 20.8 Å². The Morgan fingerprint density at radius 1 is 0.692 bits per heavy atom. The van der Waals surface area contributed by atoms with Crippen LogP contribution in [-0.2, 0) is 19.2 Å². The minimum absolute atomic E-state index is 1.17. The van der Waals surface area contributed by atoms with Gasteiger partial charge >= 0.3 is 90.7 Å². The third-order valence-corrected chi connectivity index (χ3v) is 11.9. The maximum absolute atomic E-state index is 2.56. The van der Waals surface area contributed by atoms with Gasteiger partial charge in [-0.25, -0.2) is 0 Å². The van der Waals surface area contributed by atoms with Crippen molar-refractivity contribution in [3.05, 3.63) is 0 Å². The summed E-state index contributed by atoms with van der Waals surface area (Å²) < 4.78 is 7.67. The predicted molar refractivity (Wildman–Crippen MR) is 54.9 cm³/mol. The van der Waals surface area contributed by atoms with Crippen molar-refractivity contribution in [3.8, 4) is 0 Å². The fourth-order valence-electron chi connectivity index (χ4n) is 1.16. The molecule has 0 spiro atoms. The molecule has 0 aliphatic carbocycles. The Morgan fingerprint density at radius 2 is 0.923 bits per heavy atom. The first-order chi connectivity index (χ1) is 6.08. The molecule has 0 saturated heterocycles. The molecule has 0 amide bonds. The molecule has 0 fully saturated rings. The molecule has 0 aliphatic rings. The molecule has 0 saturated carbocycles. The molecule has 0 N–H and O–H groups in total. The van der Waals surface area contributed by atoms with E-state index in [0.717, 1.165) is 0 Å². The van der Waals surface area contributed by atoms with Crippen molar-refractivity contribution >= 4 is 0 Å². The van der Waals surface area contributed by atoms with E-state index < -0.39 is 19.2 Å². The summed E-state index contributed by atoms with van der Waals surface area (Å²) in [5, 5.41) is 0. The van der Waals surface area contributed by atoms with Crippen LogP contribution in [-0.4, -0.2) is 50.7 Å². The van der Waals surface area contributed by atoms with Gasteiger partial charge in [-0.15, -0.1) is 0 Å². The van der Waals surface area contributed by atoms with Crippen LogP contribution in [0.4, 0.5) is 0 Å². The fraction of sp³-hybridized carbons (Fsp3) is 1.00. The zero-order valence-electron chi connectivity index (χ0n) is 9.91. The summed E-state index contributed by atoms with van der Waals surface area (Å²) in [6, 6.07) is 0. The first-order valence-electron chi connectivity index (χ1n) is 5.01. The van der Waals surface area contributed by atoms with E-state index in [-0.39, 0.29) is 0 Å². The van der Waals surface area contributed by atoms with Crippen LogP contribution in [0.5, 0.6) is 0 Å². The second-order valence-electron chi connectivity index (χ2n) is 3.19. The standard InChI is InChI=1S/3C3H8N.Ta/c3*1-3-4-2;/h3*3H2,1-2H3;/q3*-1;+3. The van der Waals surface area contributed by atoms with E-state index in [0.29, 0.717) is 0 Å². The maximum atomic E-state index is 2.56. The van der Waals surface area contributed by atoms with E-state index in [9.17, 15) is 0 Å². The van der Waals surface area contributed by atoms with Crippen molar-refractivity contribution in [2.75, 3.05) is 40.8 Å². The molecular weight excluding hydrogens is 331 g/mol. The van der Waals surface area contributed by atoms with E-state index in [1.165, 1.54) is 19.6 Å². The van der Waals surface area contributed by atoms with Crippen LogP contribution in [0, 0.1) is 0 Å². The van der Waals surface area contributed by atoms with Crippen LogP contribution in [0.3, 0.4) is 0 Å². The van der Waals surface area contributed by atoms with Crippen molar-refractivity contribution in [2.24, 2.45) is 0 Å². The van der Waals surface area contributed by atoms with E-state index in [4.69, 9.17) is 0 Å². The molecule has 0 heterocycles. The summed E-state index contributed by atoms with van der Waals surface area (Å²) >= 11 is -1.69. The Bertz CT molecular complexity index is 108. The van der Waals surface area contributed by atoms with Crippen LogP contribution in [0.15, 0.2) is 0 Å². The van der Waals surface area contributed by atoms with Crippen LogP contribution >= 0.6 is 0 Å². The van der Waals surface area contributed by atoms with Gasteiger partial charge in [-0.2, -0.15) is 0 Å². The number of rotatable bonds is 6. The minimum atomic E-state index is -1.69. The third-order valence-electron chi connectivity index (χ3n) is 2.29. The van der Waals surface area contributed by atoms with Gasteiger partial charge in [-0.05, 0) is 0 Å². The van der Waals surface area contributed by atoms with Crippen molar-refractivity contribution in [1.82, 2.24) is 9.91 Å². The second-order valence-corrected chi connectivity index (χ2v) is 12.5. The first kappa shape index (κ1) is 13.6. The van der Waals surface area contributed by atoms with Gasteiger partial charge < -0.3 is 0 Å². The van der Waals surface area contributed by atoms with Crippen molar-refractivity contribution in [1.29, 1.82) is 0 Å². The van der Waals surface area contributed by atoms with E-state index in [1.54, 1.807) is 0 Å². The van der Waals surface area contributed by atoms with Crippen LogP contribution in [0.25, 0.3) is 0 Å². The summed E-state index contributed by atoms with van der Waals surface area (Å²) in [5.74, 6) is 0. The second kappa shape index (κ2) is 6.98. The fourth-order valence-corrected chi connectivity index (χ4v) is 9.51. The zero-order valence-corrected chi connectivity index (χ0v) is 13.1. The molecule has 0 rings (SSSR count). The van der Waals surface area contributed by atoms with Gasteiger partial charge in [-0.3, -0.25) is 0 Å². The van der Waals surface area contributed by atoms with E-state index >= 15 is 0 Å². The molecule has 0 aliphatic heterocycles.